The van der Waals surface area contributed by atoms with Gasteiger partial charge in [-0.25, -0.2) is 0 Å². The van der Waals surface area contributed by atoms with E-state index in [1.54, 1.807) is 7.11 Å². The van der Waals surface area contributed by atoms with Crippen molar-refractivity contribution in [3.8, 4) is 5.75 Å². The van der Waals surface area contributed by atoms with Gasteiger partial charge < -0.3 is 10.1 Å². The third kappa shape index (κ3) is 1.58. The topological polar surface area (TPSA) is 21.3 Å². The summed E-state index contributed by atoms with van der Waals surface area (Å²) >= 11 is 0. The van der Waals surface area contributed by atoms with Crippen molar-refractivity contribution in [2.45, 2.75) is 18.9 Å². The highest BCUT2D eigenvalue weighted by molar-refractivity contribution is 5.49. The van der Waals surface area contributed by atoms with Gasteiger partial charge in [0.05, 0.1) is 7.11 Å². The Morgan fingerprint density at radius 1 is 1.38 bits per heavy atom. The molecule has 0 spiro atoms. The molecular weight excluding hydrogens is 198 g/mol. The first-order valence-electron chi connectivity index (χ1n) is 5.94. The molecule has 0 radical (unpaired) electrons. The molecule has 84 valence electrons. The second kappa shape index (κ2) is 3.85. The first kappa shape index (κ1) is 9.76. The van der Waals surface area contributed by atoms with E-state index in [9.17, 15) is 0 Å². The number of hydrogen-bond donors (Lipinski definition) is 1. The highest BCUT2D eigenvalue weighted by atomic mass is 16.5. The van der Waals surface area contributed by atoms with Crippen LogP contribution in [-0.2, 0) is 0 Å². The molecule has 2 heteroatoms. The Kier molecular flexibility index (Phi) is 2.35. The van der Waals surface area contributed by atoms with E-state index in [0.717, 1.165) is 17.6 Å². The van der Waals surface area contributed by atoms with Crippen molar-refractivity contribution in [1.29, 1.82) is 0 Å². The Balaban J connectivity index is 1.68. The molecule has 0 aliphatic heterocycles. The third-order valence-corrected chi connectivity index (χ3v) is 3.78. The van der Waals surface area contributed by atoms with Gasteiger partial charge in [-0.1, -0.05) is 18.2 Å². The Morgan fingerprint density at radius 3 is 3.12 bits per heavy atom. The summed E-state index contributed by atoms with van der Waals surface area (Å²) in [5.41, 5.74) is 1.17. The molecule has 3 atom stereocenters. The molecule has 0 bridgehead atoms. The van der Waals surface area contributed by atoms with Crippen LogP contribution in [0.4, 0.5) is 5.69 Å². The van der Waals surface area contributed by atoms with E-state index in [-0.39, 0.29) is 0 Å². The van der Waals surface area contributed by atoms with E-state index >= 15 is 0 Å². The van der Waals surface area contributed by atoms with Crippen LogP contribution in [0.15, 0.2) is 36.4 Å². The maximum Gasteiger partial charge on any atom is 0.120 e. The van der Waals surface area contributed by atoms with Gasteiger partial charge >= 0.3 is 0 Å². The monoisotopic (exact) mass is 215 g/mol. The van der Waals surface area contributed by atoms with Crippen molar-refractivity contribution in [3.05, 3.63) is 36.4 Å². The van der Waals surface area contributed by atoms with Crippen LogP contribution in [0.5, 0.6) is 5.75 Å². The normalized spacial score (nSPS) is 30.7. The first-order valence-corrected chi connectivity index (χ1v) is 5.94. The Hall–Kier alpha value is -1.44. The fraction of sp³-hybridized carbons (Fsp3) is 0.429. The van der Waals surface area contributed by atoms with Crippen molar-refractivity contribution >= 4 is 5.69 Å². The van der Waals surface area contributed by atoms with E-state index < -0.39 is 0 Å². The zero-order valence-electron chi connectivity index (χ0n) is 9.52. The summed E-state index contributed by atoms with van der Waals surface area (Å²) < 4.78 is 5.22. The quantitative estimate of drug-likeness (QED) is 0.782. The van der Waals surface area contributed by atoms with Crippen LogP contribution < -0.4 is 10.1 Å². The third-order valence-electron chi connectivity index (χ3n) is 3.78. The molecule has 2 nitrogen and oxygen atoms in total. The van der Waals surface area contributed by atoms with Gasteiger partial charge in [-0.3, -0.25) is 0 Å². The Morgan fingerprint density at radius 2 is 2.31 bits per heavy atom. The number of benzene rings is 1. The molecule has 1 aromatic rings. The highest BCUT2D eigenvalue weighted by Gasteiger charge is 2.40. The number of anilines is 1. The van der Waals surface area contributed by atoms with Crippen molar-refractivity contribution in [1.82, 2.24) is 0 Å². The predicted octanol–water partition coefficient (Wildman–Crippen LogP) is 3.07. The molecule has 16 heavy (non-hydrogen) atoms. The van der Waals surface area contributed by atoms with Crippen molar-refractivity contribution in [2.75, 3.05) is 12.4 Å². The van der Waals surface area contributed by atoms with Gasteiger partial charge in [-0.15, -0.1) is 0 Å². The van der Waals surface area contributed by atoms with E-state index in [2.05, 4.69) is 29.6 Å². The van der Waals surface area contributed by atoms with Gasteiger partial charge in [0.25, 0.3) is 0 Å². The minimum absolute atomic E-state index is 0.621. The highest BCUT2D eigenvalue weighted by Crippen LogP contribution is 2.44. The van der Waals surface area contributed by atoms with Crippen molar-refractivity contribution in [3.63, 3.8) is 0 Å². The molecule has 3 unspecified atom stereocenters. The molecule has 0 saturated heterocycles. The molecular formula is C14H17NO. The number of hydrogen-bond acceptors (Lipinski definition) is 2. The summed E-state index contributed by atoms with van der Waals surface area (Å²) in [5.74, 6) is 2.58. The van der Waals surface area contributed by atoms with E-state index in [1.807, 2.05) is 12.1 Å². The number of ether oxygens (including phenoxy) is 1. The molecule has 1 saturated carbocycles. The number of methoxy groups -OCH3 is 1. The second-order valence-electron chi connectivity index (χ2n) is 4.72. The van der Waals surface area contributed by atoms with E-state index in [0.29, 0.717) is 6.04 Å². The van der Waals surface area contributed by atoms with Crippen molar-refractivity contribution < 1.29 is 4.74 Å². The van der Waals surface area contributed by atoms with Gasteiger partial charge in [-0.05, 0) is 30.9 Å². The van der Waals surface area contributed by atoms with Crippen LogP contribution in [0, 0.1) is 11.8 Å². The average molecular weight is 215 g/mol. The number of fused-ring (bicyclic) bond motifs is 1. The molecule has 0 amide bonds. The largest absolute Gasteiger partial charge is 0.497 e. The van der Waals surface area contributed by atoms with Crippen LogP contribution in [-0.4, -0.2) is 13.2 Å². The number of allylic oxidation sites excluding steroid dienone is 1. The standard InChI is InChI=1S/C14H17NO/c1-16-12-6-3-5-11(9-12)15-14-8-10-4-2-7-13(10)14/h2-3,5-7,9-10,13-15H,4,8H2,1H3. The summed E-state index contributed by atoms with van der Waals surface area (Å²) in [7, 11) is 1.71. The maximum atomic E-state index is 5.22. The minimum Gasteiger partial charge on any atom is -0.497 e. The fourth-order valence-corrected chi connectivity index (χ4v) is 2.81. The summed E-state index contributed by atoms with van der Waals surface area (Å²) in [6.07, 6.45) is 7.27. The summed E-state index contributed by atoms with van der Waals surface area (Å²) in [6, 6.07) is 8.79. The SMILES string of the molecule is COc1cccc(NC2CC3CC=CC32)c1. The molecule has 0 aromatic heterocycles. The molecule has 1 aromatic carbocycles. The Bertz CT molecular complexity index is 413. The van der Waals surface area contributed by atoms with Gasteiger partial charge in [-0.2, -0.15) is 0 Å². The molecule has 2 aliphatic rings. The molecule has 0 heterocycles. The fourth-order valence-electron chi connectivity index (χ4n) is 2.81. The first-order chi connectivity index (χ1) is 7.86. The van der Waals surface area contributed by atoms with Gasteiger partial charge in [0.15, 0.2) is 0 Å². The van der Waals surface area contributed by atoms with E-state index in [4.69, 9.17) is 4.74 Å². The summed E-state index contributed by atoms with van der Waals surface area (Å²) in [6.45, 7) is 0. The van der Waals surface area contributed by atoms with Crippen LogP contribution in [0.3, 0.4) is 0 Å². The van der Waals surface area contributed by atoms with Gasteiger partial charge in [0, 0.05) is 23.7 Å². The number of rotatable bonds is 3. The van der Waals surface area contributed by atoms with Crippen LogP contribution in [0.25, 0.3) is 0 Å². The van der Waals surface area contributed by atoms with Gasteiger partial charge in [0.2, 0.25) is 0 Å². The molecule has 1 N–H and O–H groups in total. The lowest BCUT2D eigenvalue weighted by Gasteiger charge is -2.41. The second-order valence-corrected chi connectivity index (χ2v) is 4.72. The smallest absolute Gasteiger partial charge is 0.120 e. The van der Waals surface area contributed by atoms with Crippen LogP contribution >= 0.6 is 0 Å². The number of nitrogens with one attached hydrogen (secondary N) is 1. The minimum atomic E-state index is 0.621. The maximum absolute atomic E-state index is 5.22. The molecule has 1 fully saturated rings. The van der Waals surface area contributed by atoms with E-state index in [1.165, 1.54) is 18.5 Å². The molecule has 3 rings (SSSR count). The predicted molar refractivity (Wildman–Crippen MR) is 65.8 cm³/mol. The average Bonchev–Trinajstić information content (AvgIpc) is 2.68. The van der Waals surface area contributed by atoms with Crippen molar-refractivity contribution in [2.24, 2.45) is 11.8 Å². The zero-order valence-corrected chi connectivity index (χ0v) is 9.52. The zero-order chi connectivity index (χ0) is 11.0. The van der Waals surface area contributed by atoms with Crippen LogP contribution in [0.2, 0.25) is 0 Å². The lowest BCUT2D eigenvalue weighted by Crippen LogP contribution is -2.43. The Labute approximate surface area is 96.3 Å². The summed E-state index contributed by atoms with van der Waals surface area (Å²) in [5, 5.41) is 3.59. The van der Waals surface area contributed by atoms with Gasteiger partial charge in [0.1, 0.15) is 5.75 Å². The molecule has 2 aliphatic carbocycles. The lowest BCUT2D eigenvalue weighted by molar-refractivity contribution is 0.218. The summed E-state index contributed by atoms with van der Waals surface area (Å²) in [4.78, 5) is 0. The lowest BCUT2D eigenvalue weighted by atomic mass is 9.71. The van der Waals surface area contributed by atoms with Crippen LogP contribution in [0.1, 0.15) is 12.8 Å².